The van der Waals surface area contributed by atoms with Crippen LogP contribution in [0.4, 0.5) is 5.82 Å². The predicted octanol–water partition coefficient (Wildman–Crippen LogP) is 3.82. The highest BCUT2D eigenvalue weighted by Gasteiger charge is 2.22. The highest BCUT2D eigenvalue weighted by Crippen LogP contribution is 2.43. The number of carbonyl (C=O) groups excluding carboxylic acids is 1. The van der Waals surface area contributed by atoms with E-state index in [4.69, 9.17) is 18.9 Å². The molecule has 2 aromatic carbocycles. The van der Waals surface area contributed by atoms with Gasteiger partial charge >= 0.3 is 0 Å². The zero-order valence-corrected chi connectivity index (χ0v) is 17.6. The minimum Gasteiger partial charge on any atom is -0.493 e. The number of anilines is 1. The molecule has 1 amide bonds. The fourth-order valence-electron chi connectivity index (χ4n) is 3.07. The molecule has 3 aromatic rings. The van der Waals surface area contributed by atoms with E-state index in [-0.39, 0.29) is 5.91 Å². The topological polar surface area (TPSA) is 94.7 Å². The number of methoxy groups -OCH3 is 3. The predicted molar refractivity (Wildman–Crippen MR) is 114 cm³/mol. The standard InChI is InChI=1S/C22H25N3O5/c1-13-19(15-11-17(27-3)20(29-5)18(12-15)28-4)21(25-24-13)23-22(26)14(2)30-16-9-7-6-8-10-16/h6-12,14H,1-5H3,(H2,23,24,25,26). The number of para-hydroxylation sites is 1. The van der Waals surface area contributed by atoms with Gasteiger partial charge in [-0.25, -0.2) is 0 Å². The lowest BCUT2D eigenvalue weighted by Crippen LogP contribution is -2.30. The molecule has 2 N–H and O–H groups in total. The second-order valence-corrected chi connectivity index (χ2v) is 6.55. The molecule has 0 radical (unpaired) electrons. The Hall–Kier alpha value is -3.68. The van der Waals surface area contributed by atoms with Crippen LogP contribution in [0.3, 0.4) is 0 Å². The van der Waals surface area contributed by atoms with Crippen LogP contribution in [0, 0.1) is 6.92 Å². The van der Waals surface area contributed by atoms with E-state index >= 15 is 0 Å². The Morgan fingerprint density at radius 3 is 2.23 bits per heavy atom. The van der Waals surface area contributed by atoms with Gasteiger partial charge in [-0.05, 0) is 43.7 Å². The van der Waals surface area contributed by atoms with Gasteiger partial charge in [0.15, 0.2) is 23.4 Å². The van der Waals surface area contributed by atoms with Crippen LogP contribution in [0.5, 0.6) is 23.0 Å². The highest BCUT2D eigenvalue weighted by atomic mass is 16.5. The summed E-state index contributed by atoms with van der Waals surface area (Å²) in [5, 5.41) is 10.00. The zero-order chi connectivity index (χ0) is 21.7. The first kappa shape index (κ1) is 21.0. The van der Waals surface area contributed by atoms with Gasteiger partial charge in [-0.3, -0.25) is 9.89 Å². The fraction of sp³-hybridized carbons (Fsp3) is 0.273. The molecule has 0 spiro atoms. The van der Waals surface area contributed by atoms with Crippen molar-refractivity contribution in [2.75, 3.05) is 26.6 Å². The molecule has 1 heterocycles. The number of aryl methyl sites for hydroxylation is 1. The summed E-state index contributed by atoms with van der Waals surface area (Å²) in [5.41, 5.74) is 2.24. The van der Waals surface area contributed by atoms with Crippen molar-refractivity contribution < 1.29 is 23.7 Å². The summed E-state index contributed by atoms with van der Waals surface area (Å²) in [6, 6.07) is 12.8. The number of H-pyrrole nitrogens is 1. The van der Waals surface area contributed by atoms with Gasteiger partial charge < -0.3 is 24.3 Å². The lowest BCUT2D eigenvalue weighted by molar-refractivity contribution is -0.122. The van der Waals surface area contributed by atoms with E-state index in [1.807, 2.05) is 25.1 Å². The highest BCUT2D eigenvalue weighted by molar-refractivity contribution is 5.97. The molecular formula is C22H25N3O5. The number of benzene rings is 2. The Balaban J connectivity index is 1.89. The first-order valence-electron chi connectivity index (χ1n) is 9.36. The van der Waals surface area contributed by atoms with Gasteiger partial charge in [-0.2, -0.15) is 5.10 Å². The Bertz CT molecular complexity index is 992. The van der Waals surface area contributed by atoms with Crippen molar-refractivity contribution in [3.63, 3.8) is 0 Å². The van der Waals surface area contributed by atoms with E-state index in [2.05, 4.69) is 15.5 Å². The summed E-state index contributed by atoms with van der Waals surface area (Å²) >= 11 is 0. The molecule has 0 aliphatic carbocycles. The van der Waals surface area contributed by atoms with E-state index in [1.165, 1.54) is 0 Å². The number of rotatable bonds is 8. The third-order valence-electron chi connectivity index (χ3n) is 4.57. The van der Waals surface area contributed by atoms with E-state index in [1.54, 1.807) is 52.5 Å². The van der Waals surface area contributed by atoms with Crippen molar-refractivity contribution >= 4 is 11.7 Å². The number of nitrogens with one attached hydrogen (secondary N) is 2. The molecule has 0 aliphatic rings. The molecule has 1 aromatic heterocycles. The molecule has 0 bridgehead atoms. The monoisotopic (exact) mass is 411 g/mol. The summed E-state index contributed by atoms with van der Waals surface area (Å²) in [6.07, 6.45) is -0.711. The van der Waals surface area contributed by atoms with Crippen LogP contribution >= 0.6 is 0 Å². The molecule has 8 nitrogen and oxygen atoms in total. The summed E-state index contributed by atoms with van der Waals surface area (Å²) in [5.74, 6) is 2.17. The molecule has 30 heavy (non-hydrogen) atoms. The van der Waals surface area contributed by atoms with Gasteiger partial charge in [-0.15, -0.1) is 0 Å². The van der Waals surface area contributed by atoms with Crippen molar-refractivity contribution in [1.82, 2.24) is 10.2 Å². The van der Waals surface area contributed by atoms with Gasteiger partial charge in [0.25, 0.3) is 5.91 Å². The Labute approximate surface area is 175 Å². The van der Waals surface area contributed by atoms with Gasteiger partial charge in [0.2, 0.25) is 5.75 Å². The fourth-order valence-corrected chi connectivity index (χ4v) is 3.07. The average Bonchev–Trinajstić information content (AvgIpc) is 3.13. The first-order valence-corrected chi connectivity index (χ1v) is 9.36. The molecule has 158 valence electrons. The van der Waals surface area contributed by atoms with Crippen molar-refractivity contribution in [3.8, 4) is 34.1 Å². The van der Waals surface area contributed by atoms with Crippen LogP contribution in [0.1, 0.15) is 12.6 Å². The summed E-state index contributed by atoms with van der Waals surface area (Å²) < 4.78 is 22.0. The maximum absolute atomic E-state index is 12.7. The Kier molecular flexibility index (Phi) is 6.46. The van der Waals surface area contributed by atoms with E-state index < -0.39 is 6.10 Å². The average molecular weight is 411 g/mol. The largest absolute Gasteiger partial charge is 0.493 e. The van der Waals surface area contributed by atoms with Crippen molar-refractivity contribution in [3.05, 3.63) is 48.2 Å². The van der Waals surface area contributed by atoms with E-state index in [9.17, 15) is 4.79 Å². The molecule has 3 rings (SSSR count). The van der Waals surface area contributed by atoms with E-state index in [0.717, 1.165) is 16.8 Å². The van der Waals surface area contributed by atoms with Gasteiger partial charge in [0, 0.05) is 11.3 Å². The molecule has 0 fully saturated rings. The first-order chi connectivity index (χ1) is 14.5. The molecule has 1 unspecified atom stereocenters. The lowest BCUT2D eigenvalue weighted by atomic mass is 10.0. The van der Waals surface area contributed by atoms with Crippen LogP contribution in [-0.2, 0) is 4.79 Å². The third kappa shape index (κ3) is 4.32. The number of hydrogen-bond acceptors (Lipinski definition) is 6. The van der Waals surface area contributed by atoms with Crippen LogP contribution < -0.4 is 24.3 Å². The molecule has 0 aliphatic heterocycles. The number of aromatic amines is 1. The third-order valence-corrected chi connectivity index (χ3v) is 4.57. The molecule has 8 heteroatoms. The van der Waals surface area contributed by atoms with Crippen LogP contribution in [0.2, 0.25) is 0 Å². The van der Waals surface area contributed by atoms with Gasteiger partial charge in [-0.1, -0.05) is 18.2 Å². The van der Waals surface area contributed by atoms with Crippen LogP contribution in [0.15, 0.2) is 42.5 Å². The maximum Gasteiger partial charge on any atom is 0.266 e. The quantitative estimate of drug-likeness (QED) is 0.585. The SMILES string of the molecule is COc1cc(-c2c(NC(=O)C(C)Oc3ccccc3)n[nH]c2C)cc(OC)c1OC. The Morgan fingerprint density at radius 2 is 1.67 bits per heavy atom. The molecule has 0 saturated heterocycles. The van der Waals surface area contributed by atoms with Crippen molar-refractivity contribution in [2.24, 2.45) is 0 Å². The zero-order valence-electron chi connectivity index (χ0n) is 17.6. The normalized spacial score (nSPS) is 11.5. The summed E-state index contributed by atoms with van der Waals surface area (Å²) in [7, 11) is 4.64. The van der Waals surface area contributed by atoms with Crippen LogP contribution in [0.25, 0.3) is 11.1 Å². The lowest BCUT2D eigenvalue weighted by Gasteiger charge is -2.16. The number of aromatic nitrogens is 2. The van der Waals surface area contributed by atoms with Crippen molar-refractivity contribution in [1.29, 1.82) is 0 Å². The summed E-state index contributed by atoms with van der Waals surface area (Å²) in [4.78, 5) is 12.7. The molecule has 1 atom stereocenters. The number of ether oxygens (including phenoxy) is 4. The smallest absolute Gasteiger partial charge is 0.266 e. The minimum atomic E-state index is -0.711. The van der Waals surface area contributed by atoms with E-state index in [0.29, 0.717) is 28.8 Å². The number of nitrogens with zero attached hydrogens (tertiary/aromatic N) is 1. The number of amides is 1. The number of carbonyl (C=O) groups is 1. The number of hydrogen-bond donors (Lipinski definition) is 2. The second-order valence-electron chi connectivity index (χ2n) is 6.55. The van der Waals surface area contributed by atoms with Gasteiger partial charge in [0.1, 0.15) is 5.75 Å². The molecule has 0 saturated carbocycles. The van der Waals surface area contributed by atoms with Crippen LogP contribution in [-0.4, -0.2) is 43.5 Å². The maximum atomic E-state index is 12.7. The Morgan fingerprint density at radius 1 is 1.03 bits per heavy atom. The second kappa shape index (κ2) is 9.21. The van der Waals surface area contributed by atoms with Gasteiger partial charge in [0.05, 0.1) is 21.3 Å². The molecular weight excluding hydrogens is 386 g/mol. The summed E-state index contributed by atoms with van der Waals surface area (Å²) in [6.45, 7) is 3.55. The van der Waals surface area contributed by atoms with Crippen molar-refractivity contribution in [2.45, 2.75) is 20.0 Å². The minimum absolute atomic E-state index is 0.320.